The number of ether oxygens (including phenoxy) is 4. The first-order valence-electron chi connectivity index (χ1n) is 17.7. The quantitative estimate of drug-likeness (QED) is 0.0989. The Morgan fingerprint density at radius 2 is 1.53 bits per heavy atom. The zero-order chi connectivity index (χ0) is 39.4. The van der Waals surface area contributed by atoms with Gasteiger partial charge in [0.1, 0.15) is 36.0 Å². The average Bonchev–Trinajstić information content (AvgIpc) is 3.87. The van der Waals surface area contributed by atoms with Crippen molar-refractivity contribution in [1.29, 1.82) is 0 Å². The van der Waals surface area contributed by atoms with Crippen LogP contribution in [-0.4, -0.2) is 95.0 Å². The molecule has 0 bridgehead atoms. The first-order chi connectivity index (χ1) is 26.3. The minimum Gasteiger partial charge on any atom is -0.467 e. The molecule has 14 nitrogen and oxygen atoms in total. The van der Waals surface area contributed by atoms with E-state index in [1.165, 1.54) is 42.2 Å². The lowest BCUT2D eigenvalue weighted by atomic mass is 9.86. The Hall–Kier alpha value is -6.44. The molecule has 7 rings (SSSR count). The summed E-state index contributed by atoms with van der Waals surface area (Å²) in [5.41, 5.74) is 0.225. The van der Waals surface area contributed by atoms with Crippen LogP contribution in [0.2, 0.25) is 0 Å². The smallest absolute Gasteiger partial charge is 0.416 e. The van der Waals surface area contributed by atoms with Gasteiger partial charge >= 0.3 is 24.1 Å². The lowest BCUT2D eigenvalue weighted by Gasteiger charge is -2.38. The number of amides is 4. The minimum absolute atomic E-state index is 0.0687. The second kappa shape index (κ2) is 13.8. The van der Waals surface area contributed by atoms with Gasteiger partial charge in [0, 0.05) is 35.5 Å². The molecule has 1 saturated heterocycles. The van der Waals surface area contributed by atoms with E-state index in [0.717, 1.165) is 4.90 Å². The highest BCUT2D eigenvalue weighted by molar-refractivity contribution is 6.22. The van der Waals surface area contributed by atoms with Crippen LogP contribution in [-0.2, 0) is 40.5 Å². The number of esters is 2. The maximum atomic E-state index is 14.4. The Bertz CT molecular complexity index is 2240. The molecular formula is C41H40N4O10. The van der Waals surface area contributed by atoms with Crippen LogP contribution >= 0.6 is 0 Å². The monoisotopic (exact) mass is 748 g/mol. The zero-order valence-corrected chi connectivity index (χ0v) is 31.0. The molecule has 1 aromatic heterocycles. The molecule has 0 saturated carbocycles. The van der Waals surface area contributed by atoms with Crippen LogP contribution in [0.5, 0.6) is 0 Å². The first kappa shape index (κ1) is 36.9. The summed E-state index contributed by atoms with van der Waals surface area (Å²) >= 11 is 0. The lowest BCUT2D eigenvalue weighted by molar-refractivity contribution is -0.146. The molecule has 4 atom stereocenters. The average molecular weight is 749 g/mol. The molecule has 0 unspecified atom stereocenters. The highest BCUT2D eigenvalue weighted by Gasteiger charge is 2.67. The number of likely N-dealkylation sites (tertiary alicyclic amines) is 1. The van der Waals surface area contributed by atoms with Crippen LogP contribution in [0.25, 0.3) is 10.9 Å². The number of nitrogens with zero attached hydrogens (tertiary/aromatic N) is 4. The number of methoxy groups -OCH3 is 2. The van der Waals surface area contributed by atoms with Crippen molar-refractivity contribution in [3.8, 4) is 0 Å². The van der Waals surface area contributed by atoms with Crippen LogP contribution in [0.3, 0.4) is 0 Å². The molecular weight excluding hydrogens is 708 g/mol. The molecule has 0 N–H and O–H groups in total. The van der Waals surface area contributed by atoms with E-state index in [-0.39, 0.29) is 30.6 Å². The molecule has 55 heavy (non-hydrogen) atoms. The van der Waals surface area contributed by atoms with Crippen LogP contribution in [0.4, 0.5) is 15.3 Å². The molecule has 3 aliphatic rings. The van der Waals surface area contributed by atoms with Crippen molar-refractivity contribution in [1.82, 2.24) is 14.4 Å². The molecule has 3 aliphatic heterocycles. The second-order valence-electron chi connectivity index (χ2n) is 14.5. The third-order valence-corrected chi connectivity index (χ3v) is 10.3. The first-order valence-corrected chi connectivity index (χ1v) is 17.7. The van der Waals surface area contributed by atoms with Crippen LogP contribution in [0.1, 0.15) is 59.0 Å². The third-order valence-electron chi connectivity index (χ3n) is 10.3. The number of carbonyl (C=O) groups is 6. The van der Waals surface area contributed by atoms with Gasteiger partial charge < -0.3 is 23.5 Å². The van der Waals surface area contributed by atoms with Crippen molar-refractivity contribution < 1.29 is 47.7 Å². The fourth-order valence-electron chi connectivity index (χ4n) is 8.15. The lowest BCUT2D eigenvalue weighted by Crippen LogP contribution is -2.58. The van der Waals surface area contributed by atoms with Gasteiger partial charge in [-0.05, 0) is 50.6 Å². The number of para-hydroxylation sites is 2. The summed E-state index contributed by atoms with van der Waals surface area (Å²) in [5, 5.41) is 0.650. The summed E-state index contributed by atoms with van der Waals surface area (Å²) in [4.78, 5) is 86.5. The van der Waals surface area contributed by atoms with E-state index in [1.54, 1.807) is 63.4 Å². The summed E-state index contributed by atoms with van der Waals surface area (Å²) in [6.07, 6.45) is 0.0480. The van der Waals surface area contributed by atoms with Gasteiger partial charge in [-0.2, -0.15) is 0 Å². The Morgan fingerprint density at radius 3 is 2.16 bits per heavy atom. The molecule has 1 fully saturated rings. The van der Waals surface area contributed by atoms with Gasteiger partial charge in [-0.25, -0.2) is 19.2 Å². The van der Waals surface area contributed by atoms with E-state index in [9.17, 15) is 28.8 Å². The Balaban J connectivity index is 1.45. The summed E-state index contributed by atoms with van der Waals surface area (Å²) < 4.78 is 23.8. The number of hydrogen-bond acceptors (Lipinski definition) is 10. The van der Waals surface area contributed by atoms with E-state index in [4.69, 9.17) is 18.9 Å². The fourth-order valence-corrected chi connectivity index (χ4v) is 8.15. The molecule has 284 valence electrons. The normalized spacial score (nSPS) is 20.5. The number of carbonyl (C=O) groups excluding carboxylic acids is 6. The standard InChI is InChI=1S/C41H40N4O10/c1-7-20-54-38(50)45-32(36(49)53-6)22-41(28-17-11-13-19-30(28)44(37(41)45)39(51)55-40(2,3)4)42-23-24(25-14-10-12-18-29(25)42)21-31(35(48)52-5)43-33(46)26-15-8-9-16-27(26)34(43)47/h7-19,23,31-32,37H,1,20-22H2,2-6H3/t31-,32+,37-,41+/m0/s1. The van der Waals surface area contributed by atoms with Crippen molar-refractivity contribution in [2.45, 2.75) is 63.0 Å². The molecule has 4 aromatic rings. The van der Waals surface area contributed by atoms with Gasteiger partial charge in [0.25, 0.3) is 11.8 Å². The third kappa shape index (κ3) is 5.79. The highest BCUT2D eigenvalue weighted by atomic mass is 16.6. The summed E-state index contributed by atoms with van der Waals surface area (Å²) in [7, 11) is 2.40. The zero-order valence-electron chi connectivity index (χ0n) is 31.0. The van der Waals surface area contributed by atoms with Crippen molar-refractivity contribution in [3.63, 3.8) is 0 Å². The van der Waals surface area contributed by atoms with E-state index >= 15 is 0 Å². The molecule has 3 aromatic carbocycles. The van der Waals surface area contributed by atoms with Crippen LogP contribution < -0.4 is 4.90 Å². The molecule has 4 amide bonds. The number of hydrogen-bond donors (Lipinski definition) is 0. The highest BCUT2D eigenvalue weighted by Crippen LogP contribution is 2.57. The van der Waals surface area contributed by atoms with Gasteiger partial charge in [0.15, 0.2) is 0 Å². The van der Waals surface area contributed by atoms with E-state index in [1.807, 2.05) is 28.8 Å². The summed E-state index contributed by atoms with van der Waals surface area (Å²) in [5.74, 6) is -2.78. The van der Waals surface area contributed by atoms with Crippen LogP contribution in [0.15, 0.2) is 91.6 Å². The largest absolute Gasteiger partial charge is 0.467 e. The van der Waals surface area contributed by atoms with Gasteiger partial charge in [-0.15, -0.1) is 0 Å². The Kier molecular flexibility index (Phi) is 9.23. The SMILES string of the molecule is C=CCOC(=O)N1[C@@H](C(=O)OC)C[C@@]2(n3cc(C[C@@H](C(=O)OC)N4C(=O)c5ccccc5C4=O)c4ccccc43)c3ccccc3N(C(=O)OC(C)(C)C)[C@@H]12. The number of anilines is 1. The predicted molar refractivity (Wildman–Crippen MR) is 198 cm³/mol. The number of rotatable bonds is 8. The van der Waals surface area contributed by atoms with Gasteiger partial charge in [0.2, 0.25) is 0 Å². The summed E-state index contributed by atoms with van der Waals surface area (Å²) in [6.45, 7) is 8.64. The maximum absolute atomic E-state index is 14.4. The van der Waals surface area contributed by atoms with Gasteiger partial charge in [-0.1, -0.05) is 61.2 Å². The molecule has 4 heterocycles. The Morgan fingerprint density at radius 1 is 0.891 bits per heavy atom. The van der Waals surface area contributed by atoms with Gasteiger partial charge in [0.05, 0.1) is 31.0 Å². The number of aromatic nitrogens is 1. The van der Waals surface area contributed by atoms with Crippen molar-refractivity contribution >= 4 is 52.5 Å². The van der Waals surface area contributed by atoms with Crippen molar-refractivity contribution in [3.05, 3.63) is 114 Å². The number of benzene rings is 3. The number of imide groups is 1. The van der Waals surface area contributed by atoms with Gasteiger partial charge in [-0.3, -0.25) is 24.3 Å². The van der Waals surface area contributed by atoms with E-state index < -0.39 is 65.3 Å². The predicted octanol–water partition coefficient (Wildman–Crippen LogP) is 5.42. The van der Waals surface area contributed by atoms with Crippen LogP contribution in [0, 0.1) is 0 Å². The molecule has 0 spiro atoms. The maximum Gasteiger partial charge on any atom is 0.416 e. The van der Waals surface area contributed by atoms with Crippen molar-refractivity contribution in [2.75, 3.05) is 25.7 Å². The molecule has 0 radical (unpaired) electrons. The van der Waals surface area contributed by atoms with E-state index in [2.05, 4.69) is 6.58 Å². The number of fused-ring (bicyclic) bond motifs is 5. The fraction of sp³-hybridized carbons (Fsp3) is 0.317. The molecule has 14 heteroatoms. The minimum atomic E-state index is -1.38. The Labute approximate surface area is 316 Å². The second-order valence-corrected chi connectivity index (χ2v) is 14.5. The van der Waals surface area contributed by atoms with E-state index in [0.29, 0.717) is 27.7 Å². The topological polar surface area (TPSA) is 154 Å². The molecule has 0 aliphatic carbocycles. The van der Waals surface area contributed by atoms with Crippen molar-refractivity contribution in [2.24, 2.45) is 0 Å². The summed E-state index contributed by atoms with van der Waals surface area (Å²) in [6, 6.07) is 18.2.